The lowest BCUT2D eigenvalue weighted by Crippen LogP contribution is -2.53. The molecule has 3 rings (SSSR count). The van der Waals surface area contributed by atoms with E-state index in [1.54, 1.807) is 12.1 Å². The van der Waals surface area contributed by atoms with Crippen molar-refractivity contribution in [2.45, 2.75) is 37.8 Å². The summed E-state index contributed by atoms with van der Waals surface area (Å²) in [5.74, 6) is -4.05. The molecule has 0 saturated heterocycles. The molecule has 0 spiro atoms. The van der Waals surface area contributed by atoms with Gasteiger partial charge in [-0.1, -0.05) is 49.2 Å². The highest BCUT2D eigenvalue weighted by Crippen LogP contribution is 2.21. The Morgan fingerprint density at radius 3 is 1.30 bits per heavy atom. The Labute approximate surface area is 172 Å². The molecule has 0 heterocycles. The summed E-state index contributed by atoms with van der Waals surface area (Å²) in [6.45, 7) is 0. The molecule has 1 aliphatic rings. The molecule has 1 saturated carbocycles. The van der Waals surface area contributed by atoms with Crippen LogP contribution in [-0.2, 0) is 0 Å². The molecule has 0 aromatic heterocycles. The highest BCUT2D eigenvalue weighted by molar-refractivity contribution is 6.05. The van der Waals surface area contributed by atoms with Crippen molar-refractivity contribution in [3.05, 3.63) is 70.8 Å². The summed E-state index contributed by atoms with van der Waals surface area (Å²) in [7, 11) is 0. The fourth-order valence-electron chi connectivity index (χ4n) is 3.69. The summed E-state index contributed by atoms with van der Waals surface area (Å²) in [6.07, 6.45) is 2.84. The Bertz CT molecular complexity index is 908. The van der Waals surface area contributed by atoms with Crippen LogP contribution in [0.1, 0.15) is 67.1 Å². The van der Waals surface area contributed by atoms with Gasteiger partial charge in [0.2, 0.25) is 0 Å². The molecule has 0 unspecified atom stereocenters. The zero-order valence-electron chi connectivity index (χ0n) is 16.1. The van der Waals surface area contributed by atoms with Crippen molar-refractivity contribution in [2.24, 2.45) is 0 Å². The second-order valence-corrected chi connectivity index (χ2v) is 7.11. The van der Waals surface area contributed by atoms with E-state index < -0.39 is 35.8 Å². The molecule has 0 bridgehead atoms. The van der Waals surface area contributed by atoms with E-state index in [1.165, 1.54) is 36.4 Å². The molecule has 1 aliphatic carbocycles. The summed E-state index contributed by atoms with van der Waals surface area (Å²) in [5.41, 5.74) is -0.463. The van der Waals surface area contributed by atoms with Crippen LogP contribution < -0.4 is 20.8 Å². The Morgan fingerprint density at radius 2 is 0.967 bits per heavy atom. The zero-order chi connectivity index (χ0) is 21.7. The summed E-state index contributed by atoms with van der Waals surface area (Å²) >= 11 is 0. The van der Waals surface area contributed by atoms with Crippen LogP contribution in [0.15, 0.2) is 48.5 Å². The molecular formula is C22H20N2O6-2. The van der Waals surface area contributed by atoms with E-state index >= 15 is 0 Å². The largest absolute Gasteiger partial charge is 0.545 e. The van der Waals surface area contributed by atoms with Gasteiger partial charge in [-0.25, -0.2) is 0 Å². The number of nitrogens with one attached hydrogen (secondary N) is 2. The fourth-order valence-corrected chi connectivity index (χ4v) is 3.69. The normalized spacial score (nSPS) is 18.3. The van der Waals surface area contributed by atoms with Gasteiger partial charge < -0.3 is 30.4 Å². The number of hydrogen-bond acceptors (Lipinski definition) is 6. The average Bonchev–Trinajstić information content (AvgIpc) is 2.75. The monoisotopic (exact) mass is 408 g/mol. The van der Waals surface area contributed by atoms with Gasteiger partial charge in [-0.15, -0.1) is 0 Å². The Hall–Kier alpha value is -3.68. The lowest BCUT2D eigenvalue weighted by molar-refractivity contribution is -0.256. The smallest absolute Gasteiger partial charge is 0.252 e. The minimum Gasteiger partial charge on any atom is -0.545 e. The molecule has 1 fully saturated rings. The number of carboxylic acids is 2. The van der Waals surface area contributed by atoms with E-state index in [2.05, 4.69) is 10.6 Å². The molecule has 2 amide bonds. The number of carbonyl (C=O) groups is 4. The van der Waals surface area contributed by atoms with Gasteiger partial charge in [-0.05, 0) is 25.0 Å². The number of aromatic carboxylic acids is 2. The number of carbonyl (C=O) groups excluding carboxylic acids is 4. The lowest BCUT2D eigenvalue weighted by atomic mass is 9.89. The van der Waals surface area contributed by atoms with Crippen molar-refractivity contribution in [3.63, 3.8) is 0 Å². The molecule has 8 heteroatoms. The highest BCUT2D eigenvalue weighted by atomic mass is 16.4. The standard InChI is InChI=1S/C22H22N2O6/c25-19(13-7-1-3-9-15(13)21(27)28)23-17-11-5-6-12-18(17)24-20(26)14-8-2-4-10-16(14)22(29)30/h1-4,7-10,17-18H,5-6,11-12H2,(H,23,25)(H,24,26)(H,27,28)(H,29,30)/p-2/t17-,18-/m1/s1. The molecule has 0 aliphatic heterocycles. The van der Waals surface area contributed by atoms with Gasteiger partial charge in [0.05, 0.1) is 11.9 Å². The van der Waals surface area contributed by atoms with Gasteiger partial charge in [-0.3, -0.25) is 9.59 Å². The zero-order valence-corrected chi connectivity index (χ0v) is 16.1. The van der Waals surface area contributed by atoms with Crippen LogP contribution in [0.2, 0.25) is 0 Å². The van der Waals surface area contributed by atoms with E-state index in [1.807, 2.05) is 0 Å². The number of carboxylic acid groups (broad SMARTS) is 2. The molecule has 30 heavy (non-hydrogen) atoms. The first kappa shape index (κ1) is 21.0. The van der Waals surface area contributed by atoms with Crippen LogP contribution in [0.25, 0.3) is 0 Å². The van der Waals surface area contributed by atoms with Gasteiger partial charge in [0.25, 0.3) is 11.8 Å². The van der Waals surface area contributed by atoms with E-state index in [9.17, 15) is 29.4 Å². The van der Waals surface area contributed by atoms with Crippen molar-refractivity contribution < 1.29 is 29.4 Å². The van der Waals surface area contributed by atoms with E-state index in [4.69, 9.17) is 0 Å². The van der Waals surface area contributed by atoms with Gasteiger partial charge in [0.15, 0.2) is 0 Å². The minimum absolute atomic E-state index is 0.0181. The van der Waals surface area contributed by atoms with Gasteiger partial charge in [0.1, 0.15) is 0 Å². The first-order valence-electron chi connectivity index (χ1n) is 9.61. The lowest BCUT2D eigenvalue weighted by Gasteiger charge is -2.33. The molecule has 156 valence electrons. The molecule has 2 aromatic rings. The first-order chi connectivity index (χ1) is 14.4. The summed E-state index contributed by atoms with van der Waals surface area (Å²) < 4.78 is 0. The second-order valence-electron chi connectivity index (χ2n) is 7.11. The summed E-state index contributed by atoms with van der Waals surface area (Å²) in [4.78, 5) is 47.9. The SMILES string of the molecule is O=C([O-])c1ccccc1C(=O)N[C@@H]1CCCC[C@H]1NC(=O)c1ccccc1C(=O)[O-]. The fraction of sp³-hybridized carbons (Fsp3) is 0.273. The minimum atomic E-state index is -1.45. The number of amides is 2. The van der Waals surface area contributed by atoms with Crippen molar-refractivity contribution in [3.8, 4) is 0 Å². The number of hydrogen-bond donors (Lipinski definition) is 2. The van der Waals surface area contributed by atoms with Crippen LogP contribution in [0, 0.1) is 0 Å². The summed E-state index contributed by atoms with van der Waals surface area (Å²) in [5, 5.41) is 28.1. The average molecular weight is 408 g/mol. The number of rotatable bonds is 6. The highest BCUT2D eigenvalue weighted by Gasteiger charge is 2.29. The van der Waals surface area contributed by atoms with E-state index in [-0.39, 0.29) is 22.3 Å². The topological polar surface area (TPSA) is 138 Å². The van der Waals surface area contributed by atoms with Gasteiger partial charge >= 0.3 is 0 Å². The van der Waals surface area contributed by atoms with Crippen LogP contribution in [0.4, 0.5) is 0 Å². The third-order valence-electron chi connectivity index (χ3n) is 5.18. The molecule has 0 radical (unpaired) electrons. The molecule has 2 N–H and O–H groups in total. The van der Waals surface area contributed by atoms with Crippen molar-refractivity contribution >= 4 is 23.8 Å². The predicted molar refractivity (Wildman–Crippen MR) is 103 cm³/mol. The third kappa shape index (κ3) is 4.65. The van der Waals surface area contributed by atoms with Gasteiger partial charge in [-0.2, -0.15) is 0 Å². The Balaban J connectivity index is 1.76. The quantitative estimate of drug-likeness (QED) is 0.684. The maximum atomic E-state index is 12.7. The van der Waals surface area contributed by atoms with Crippen LogP contribution in [0.5, 0.6) is 0 Å². The second kappa shape index (κ2) is 9.21. The summed E-state index contributed by atoms with van der Waals surface area (Å²) in [6, 6.07) is 10.6. The molecule has 2 aromatic carbocycles. The van der Waals surface area contributed by atoms with Gasteiger partial charge in [0, 0.05) is 34.3 Å². The Kier molecular flexibility index (Phi) is 6.46. The van der Waals surface area contributed by atoms with Crippen molar-refractivity contribution in [1.82, 2.24) is 10.6 Å². The van der Waals surface area contributed by atoms with Crippen molar-refractivity contribution in [2.75, 3.05) is 0 Å². The maximum Gasteiger partial charge on any atom is 0.252 e. The van der Waals surface area contributed by atoms with E-state index in [0.717, 1.165) is 12.8 Å². The molecule has 8 nitrogen and oxygen atoms in total. The maximum absolute atomic E-state index is 12.7. The number of benzene rings is 2. The first-order valence-corrected chi connectivity index (χ1v) is 9.61. The van der Waals surface area contributed by atoms with E-state index in [0.29, 0.717) is 12.8 Å². The Morgan fingerprint density at radius 1 is 0.633 bits per heavy atom. The molecule has 2 atom stereocenters. The van der Waals surface area contributed by atoms with Crippen molar-refractivity contribution in [1.29, 1.82) is 0 Å². The van der Waals surface area contributed by atoms with Crippen LogP contribution in [-0.4, -0.2) is 35.8 Å². The predicted octanol–water partition coefficient (Wildman–Crippen LogP) is -0.115. The molecular weight excluding hydrogens is 388 g/mol. The third-order valence-corrected chi connectivity index (χ3v) is 5.18. The van der Waals surface area contributed by atoms with Crippen LogP contribution in [0.3, 0.4) is 0 Å². The van der Waals surface area contributed by atoms with Crippen LogP contribution >= 0.6 is 0 Å².